The Kier molecular flexibility index (Phi) is 4.10. The molecule has 4 heteroatoms. The van der Waals surface area contributed by atoms with E-state index in [0.29, 0.717) is 10.0 Å². The van der Waals surface area contributed by atoms with Gasteiger partial charge in [0.2, 0.25) is 0 Å². The van der Waals surface area contributed by atoms with Crippen molar-refractivity contribution in [1.29, 1.82) is 0 Å². The lowest BCUT2D eigenvalue weighted by atomic mass is 10.0. The Morgan fingerprint density at radius 3 is 2.65 bits per heavy atom. The second kappa shape index (κ2) is 5.40. The number of hydrogen-bond acceptors (Lipinski definition) is 2. The van der Waals surface area contributed by atoms with Gasteiger partial charge in [0.15, 0.2) is 0 Å². The largest absolute Gasteiger partial charge is 0.323 e. The summed E-state index contributed by atoms with van der Waals surface area (Å²) in [6, 6.07) is 7.62. The van der Waals surface area contributed by atoms with Crippen LogP contribution in [0.15, 0.2) is 29.6 Å². The van der Waals surface area contributed by atoms with Crippen molar-refractivity contribution >= 4 is 34.5 Å². The van der Waals surface area contributed by atoms with Gasteiger partial charge in [-0.05, 0) is 48.1 Å². The van der Waals surface area contributed by atoms with E-state index in [1.807, 2.05) is 12.1 Å². The van der Waals surface area contributed by atoms with Gasteiger partial charge in [0, 0.05) is 21.0 Å². The van der Waals surface area contributed by atoms with Gasteiger partial charge in [0.05, 0.1) is 0 Å². The molecule has 0 fully saturated rings. The summed E-state index contributed by atoms with van der Waals surface area (Å²) in [7, 11) is 0. The van der Waals surface area contributed by atoms with E-state index >= 15 is 0 Å². The van der Waals surface area contributed by atoms with Crippen LogP contribution in [0.3, 0.4) is 0 Å². The highest BCUT2D eigenvalue weighted by atomic mass is 35.5. The van der Waals surface area contributed by atoms with Gasteiger partial charge in [-0.3, -0.25) is 0 Å². The summed E-state index contributed by atoms with van der Waals surface area (Å²) in [5.74, 6) is 0. The quantitative estimate of drug-likeness (QED) is 0.876. The van der Waals surface area contributed by atoms with Crippen LogP contribution in [-0.2, 0) is 6.42 Å². The van der Waals surface area contributed by atoms with Gasteiger partial charge in [-0.1, -0.05) is 29.3 Å². The summed E-state index contributed by atoms with van der Waals surface area (Å²) in [4.78, 5) is 1.22. The van der Waals surface area contributed by atoms with Crippen LogP contribution in [0.5, 0.6) is 0 Å². The van der Waals surface area contributed by atoms with Crippen LogP contribution >= 0.6 is 34.5 Å². The molecule has 2 N–H and O–H groups in total. The van der Waals surface area contributed by atoms with E-state index in [2.05, 4.69) is 18.4 Å². The lowest BCUT2D eigenvalue weighted by Gasteiger charge is -2.12. The van der Waals surface area contributed by atoms with Crippen molar-refractivity contribution in [3.63, 3.8) is 0 Å². The maximum Gasteiger partial charge on any atom is 0.0453 e. The molecule has 17 heavy (non-hydrogen) atoms. The third-order valence-electron chi connectivity index (χ3n) is 2.69. The molecule has 0 saturated heterocycles. The van der Waals surface area contributed by atoms with E-state index in [1.165, 1.54) is 10.4 Å². The number of thiophene rings is 1. The first-order valence-electron chi connectivity index (χ1n) is 5.31. The molecule has 1 nitrogen and oxygen atoms in total. The number of rotatable bonds is 3. The van der Waals surface area contributed by atoms with Gasteiger partial charge >= 0.3 is 0 Å². The van der Waals surface area contributed by atoms with Crippen molar-refractivity contribution < 1.29 is 0 Å². The predicted octanol–water partition coefficient (Wildman–Crippen LogP) is 4.61. The third-order valence-corrected chi connectivity index (χ3v) is 4.43. The molecule has 1 aromatic heterocycles. The summed E-state index contributed by atoms with van der Waals surface area (Å²) in [6.07, 6.45) is 0.733. The fraction of sp³-hybridized carbons (Fsp3) is 0.231. The second-order valence-electron chi connectivity index (χ2n) is 4.01. The monoisotopic (exact) mass is 285 g/mol. The Hall–Kier alpha value is -0.540. The molecule has 0 aliphatic heterocycles. The Morgan fingerprint density at radius 1 is 1.29 bits per heavy atom. The molecule has 0 radical (unpaired) electrons. The van der Waals surface area contributed by atoms with Gasteiger partial charge in [-0.25, -0.2) is 0 Å². The van der Waals surface area contributed by atoms with Crippen molar-refractivity contribution in [1.82, 2.24) is 0 Å². The standard InChI is InChI=1S/C13H13Cl2NS/c1-8-4-5-17-13(8)12(16)6-9-2-3-10(14)7-11(9)15/h2-5,7,12H,6,16H2,1H3. The zero-order chi connectivity index (χ0) is 12.4. The van der Waals surface area contributed by atoms with Crippen molar-refractivity contribution in [2.75, 3.05) is 0 Å². The molecule has 0 amide bonds. The van der Waals surface area contributed by atoms with Crippen LogP contribution in [0.2, 0.25) is 10.0 Å². The maximum absolute atomic E-state index is 6.20. The van der Waals surface area contributed by atoms with Gasteiger partial charge in [-0.15, -0.1) is 11.3 Å². The van der Waals surface area contributed by atoms with E-state index in [0.717, 1.165) is 12.0 Å². The molecule has 0 bridgehead atoms. The fourth-order valence-electron chi connectivity index (χ4n) is 1.78. The first-order valence-corrected chi connectivity index (χ1v) is 6.95. The topological polar surface area (TPSA) is 26.0 Å². The van der Waals surface area contributed by atoms with Crippen molar-refractivity contribution in [2.45, 2.75) is 19.4 Å². The molecule has 0 aliphatic carbocycles. The van der Waals surface area contributed by atoms with Crippen LogP contribution < -0.4 is 5.73 Å². The van der Waals surface area contributed by atoms with Gasteiger partial charge in [0.1, 0.15) is 0 Å². The van der Waals surface area contributed by atoms with Crippen LogP contribution in [-0.4, -0.2) is 0 Å². The van der Waals surface area contributed by atoms with E-state index in [9.17, 15) is 0 Å². The van der Waals surface area contributed by atoms with Crippen LogP contribution in [0.25, 0.3) is 0 Å². The van der Waals surface area contributed by atoms with Gasteiger partial charge in [-0.2, -0.15) is 0 Å². The highest BCUT2D eigenvalue weighted by Gasteiger charge is 2.13. The number of halogens is 2. The minimum atomic E-state index is -0.00586. The Balaban J connectivity index is 2.19. The summed E-state index contributed by atoms with van der Waals surface area (Å²) in [6.45, 7) is 2.08. The first-order chi connectivity index (χ1) is 8.08. The highest BCUT2D eigenvalue weighted by molar-refractivity contribution is 7.10. The molecule has 0 saturated carbocycles. The number of aryl methyl sites for hydroxylation is 1. The Morgan fingerprint density at radius 2 is 2.06 bits per heavy atom. The molecule has 1 aromatic carbocycles. The number of hydrogen-bond donors (Lipinski definition) is 1. The van der Waals surface area contributed by atoms with Crippen molar-refractivity contribution in [2.24, 2.45) is 5.73 Å². The second-order valence-corrected chi connectivity index (χ2v) is 5.81. The first kappa shape index (κ1) is 12.9. The van der Waals surface area contributed by atoms with Gasteiger partial charge < -0.3 is 5.73 Å². The SMILES string of the molecule is Cc1ccsc1C(N)Cc1ccc(Cl)cc1Cl. The lowest BCUT2D eigenvalue weighted by Crippen LogP contribution is -2.13. The average molecular weight is 286 g/mol. The van der Waals surface area contributed by atoms with Crippen LogP contribution in [0, 0.1) is 6.92 Å². The van der Waals surface area contributed by atoms with Crippen LogP contribution in [0.4, 0.5) is 0 Å². The molecule has 1 unspecified atom stereocenters. The fourth-order valence-corrected chi connectivity index (χ4v) is 3.20. The molecule has 2 rings (SSSR count). The number of benzene rings is 1. The summed E-state index contributed by atoms with van der Waals surface area (Å²) < 4.78 is 0. The highest BCUT2D eigenvalue weighted by Crippen LogP contribution is 2.28. The third kappa shape index (κ3) is 3.02. The molecule has 0 aliphatic rings. The minimum Gasteiger partial charge on any atom is -0.323 e. The zero-order valence-corrected chi connectivity index (χ0v) is 11.7. The summed E-state index contributed by atoms with van der Waals surface area (Å²) >= 11 is 13.7. The predicted molar refractivity (Wildman–Crippen MR) is 76.2 cm³/mol. The molecule has 90 valence electrons. The smallest absolute Gasteiger partial charge is 0.0453 e. The molecular weight excluding hydrogens is 273 g/mol. The Bertz CT molecular complexity index is 522. The van der Waals surface area contributed by atoms with E-state index < -0.39 is 0 Å². The zero-order valence-electron chi connectivity index (χ0n) is 9.41. The minimum absolute atomic E-state index is 0.00586. The van der Waals surface area contributed by atoms with E-state index in [1.54, 1.807) is 17.4 Å². The van der Waals surface area contributed by atoms with E-state index in [-0.39, 0.29) is 6.04 Å². The van der Waals surface area contributed by atoms with E-state index in [4.69, 9.17) is 28.9 Å². The lowest BCUT2D eigenvalue weighted by molar-refractivity contribution is 0.732. The average Bonchev–Trinajstić information content (AvgIpc) is 2.68. The van der Waals surface area contributed by atoms with Crippen LogP contribution in [0.1, 0.15) is 22.0 Å². The van der Waals surface area contributed by atoms with Gasteiger partial charge in [0.25, 0.3) is 0 Å². The summed E-state index contributed by atoms with van der Waals surface area (Å²) in [5.41, 5.74) is 8.48. The molecule has 0 spiro atoms. The maximum atomic E-state index is 6.20. The molecule has 2 aromatic rings. The molecule has 1 atom stereocenters. The summed E-state index contributed by atoms with van der Waals surface area (Å²) in [5, 5.41) is 3.40. The van der Waals surface area contributed by atoms with Crippen molar-refractivity contribution in [3.05, 3.63) is 55.7 Å². The molecule has 1 heterocycles. The number of nitrogens with two attached hydrogens (primary N) is 1. The molecular formula is C13H13Cl2NS. The van der Waals surface area contributed by atoms with Crippen molar-refractivity contribution in [3.8, 4) is 0 Å². The normalized spacial score (nSPS) is 12.7. The Labute approximate surface area is 115 Å².